The second kappa shape index (κ2) is 10.6. The molecule has 0 fully saturated rings. The highest BCUT2D eigenvalue weighted by Gasteiger charge is 2.20. The molecule has 3 rings (SSSR count). The van der Waals surface area contributed by atoms with Gasteiger partial charge in [0.05, 0.1) is 18.2 Å². The third-order valence-electron chi connectivity index (χ3n) is 4.92. The quantitative estimate of drug-likeness (QED) is 0.480. The Morgan fingerprint density at radius 2 is 1.77 bits per heavy atom. The Balaban J connectivity index is 1.83. The fourth-order valence-electron chi connectivity index (χ4n) is 3.02. The zero-order valence-corrected chi connectivity index (χ0v) is 18.8. The molecule has 0 aliphatic rings. The maximum atomic E-state index is 12.4. The maximum Gasteiger partial charge on any atom is 0.253 e. The fourth-order valence-corrected chi connectivity index (χ4v) is 3.38. The van der Waals surface area contributed by atoms with Crippen LogP contribution in [0, 0.1) is 5.92 Å². The highest BCUT2D eigenvalue weighted by atomic mass is 35.5. The van der Waals surface area contributed by atoms with Crippen molar-refractivity contribution >= 4 is 29.1 Å². The number of hydrogen-bond acceptors (Lipinski definition) is 4. The lowest BCUT2D eigenvalue weighted by atomic mass is 10.0. The summed E-state index contributed by atoms with van der Waals surface area (Å²) in [4.78, 5) is 16.7. The number of hydrogen-bond donors (Lipinski definition) is 2. The van der Waals surface area contributed by atoms with E-state index in [-0.39, 0.29) is 24.5 Å². The summed E-state index contributed by atoms with van der Waals surface area (Å²) in [6.45, 7) is 3.74. The van der Waals surface area contributed by atoms with Crippen LogP contribution in [0.5, 0.6) is 5.88 Å². The van der Waals surface area contributed by atoms with Crippen molar-refractivity contribution in [3.05, 3.63) is 93.6 Å². The number of pyridine rings is 1. The van der Waals surface area contributed by atoms with E-state index in [2.05, 4.69) is 10.3 Å². The zero-order valence-electron chi connectivity index (χ0n) is 17.3. The van der Waals surface area contributed by atoms with Gasteiger partial charge in [0.2, 0.25) is 5.88 Å². The number of aliphatic hydroxyl groups excluding tert-OH is 1. The Morgan fingerprint density at radius 1 is 1.06 bits per heavy atom. The molecule has 162 valence electrons. The molecule has 0 aliphatic carbocycles. The molecule has 31 heavy (non-hydrogen) atoms. The SMILES string of the molecule is CC(C)C(CO)NC(=O)c1ccc(OC(c2ccc(Cl)cc2)c2ccccc2Cl)nc1. The predicted molar refractivity (Wildman–Crippen MR) is 123 cm³/mol. The van der Waals surface area contributed by atoms with Gasteiger partial charge in [0.1, 0.15) is 0 Å². The van der Waals surface area contributed by atoms with Crippen LogP contribution in [0.15, 0.2) is 66.9 Å². The highest BCUT2D eigenvalue weighted by Crippen LogP contribution is 2.32. The van der Waals surface area contributed by atoms with Crippen molar-refractivity contribution in [3.8, 4) is 5.88 Å². The molecule has 0 aliphatic heterocycles. The molecule has 0 radical (unpaired) electrons. The summed E-state index contributed by atoms with van der Waals surface area (Å²) in [6.07, 6.45) is 0.947. The first-order valence-electron chi connectivity index (χ1n) is 9.93. The van der Waals surface area contributed by atoms with E-state index in [0.717, 1.165) is 11.1 Å². The summed E-state index contributed by atoms with van der Waals surface area (Å²) in [7, 11) is 0. The van der Waals surface area contributed by atoms with Crippen molar-refractivity contribution in [1.29, 1.82) is 0 Å². The van der Waals surface area contributed by atoms with Crippen molar-refractivity contribution in [2.45, 2.75) is 26.0 Å². The highest BCUT2D eigenvalue weighted by molar-refractivity contribution is 6.31. The van der Waals surface area contributed by atoms with Gasteiger partial charge < -0.3 is 15.2 Å². The molecule has 1 heterocycles. The lowest BCUT2D eigenvalue weighted by Crippen LogP contribution is -2.41. The fraction of sp³-hybridized carbons (Fsp3) is 0.250. The van der Waals surface area contributed by atoms with Gasteiger partial charge in [-0.15, -0.1) is 0 Å². The first-order valence-corrected chi connectivity index (χ1v) is 10.7. The molecule has 0 spiro atoms. The minimum absolute atomic E-state index is 0.111. The average molecular weight is 459 g/mol. The molecule has 2 unspecified atom stereocenters. The van der Waals surface area contributed by atoms with Gasteiger partial charge in [-0.25, -0.2) is 4.98 Å². The molecule has 7 heteroatoms. The molecule has 2 aromatic carbocycles. The average Bonchev–Trinajstić information content (AvgIpc) is 2.77. The van der Waals surface area contributed by atoms with Gasteiger partial charge in [-0.2, -0.15) is 0 Å². The van der Waals surface area contributed by atoms with Gasteiger partial charge in [0.25, 0.3) is 5.91 Å². The summed E-state index contributed by atoms with van der Waals surface area (Å²) in [5, 5.41) is 13.4. The molecular weight excluding hydrogens is 435 g/mol. The number of halogens is 2. The van der Waals surface area contributed by atoms with Crippen LogP contribution in [0.1, 0.15) is 41.4 Å². The Labute approximate surface area is 192 Å². The summed E-state index contributed by atoms with van der Waals surface area (Å²) < 4.78 is 6.17. The van der Waals surface area contributed by atoms with Gasteiger partial charge in [-0.05, 0) is 35.7 Å². The summed E-state index contributed by atoms with van der Waals surface area (Å²) in [6, 6.07) is 17.7. The van der Waals surface area contributed by atoms with Crippen molar-refractivity contribution in [1.82, 2.24) is 10.3 Å². The first kappa shape index (κ1) is 23.1. The third kappa shape index (κ3) is 5.97. The Bertz CT molecular complexity index is 1010. The van der Waals surface area contributed by atoms with Crippen LogP contribution in [0.4, 0.5) is 0 Å². The van der Waals surface area contributed by atoms with E-state index in [1.54, 1.807) is 30.3 Å². The molecule has 2 atom stereocenters. The number of nitrogens with one attached hydrogen (secondary N) is 1. The van der Waals surface area contributed by atoms with Crippen LogP contribution in [0.25, 0.3) is 0 Å². The molecule has 2 N–H and O–H groups in total. The van der Waals surface area contributed by atoms with Crippen molar-refractivity contribution < 1.29 is 14.6 Å². The Hall–Kier alpha value is -2.60. The summed E-state index contributed by atoms with van der Waals surface area (Å²) in [5.74, 6) is 0.159. The molecule has 3 aromatic rings. The van der Waals surface area contributed by atoms with E-state index in [0.29, 0.717) is 21.5 Å². The molecule has 0 bridgehead atoms. The number of aromatic nitrogens is 1. The van der Waals surface area contributed by atoms with Crippen molar-refractivity contribution in [2.75, 3.05) is 6.61 Å². The lowest BCUT2D eigenvalue weighted by molar-refractivity contribution is 0.0896. The molecule has 1 amide bonds. The molecule has 0 saturated carbocycles. The van der Waals surface area contributed by atoms with E-state index in [1.807, 2.05) is 44.2 Å². The van der Waals surface area contributed by atoms with E-state index in [9.17, 15) is 9.90 Å². The van der Waals surface area contributed by atoms with Crippen LogP contribution in [0.3, 0.4) is 0 Å². The van der Waals surface area contributed by atoms with Crippen molar-refractivity contribution in [3.63, 3.8) is 0 Å². The lowest BCUT2D eigenvalue weighted by Gasteiger charge is -2.21. The van der Waals surface area contributed by atoms with E-state index < -0.39 is 6.10 Å². The van der Waals surface area contributed by atoms with Gasteiger partial charge in [0.15, 0.2) is 6.10 Å². The molecule has 5 nitrogen and oxygen atoms in total. The largest absolute Gasteiger partial charge is 0.464 e. The van der Waals surface area contributed by atoms with E-state index in [1.165, 1.54) is 6.20 Å². The van der Waals surface area contributed by atoms with Crippen LogP contribution in [-0.2, 0) is 0 Å². The van der Waals surface area contributed by atoms with Crippen LogP contribution < -0.4 is 10.1 Å². The summed E-state index contributed by atoms with van der Waals surface area (Å²) >= 11 is 12.5. The van der Waals surface area contributed by atoms with Gasteiger partial charge >= 0.3 is 0 Å². The monoisotopic (exact) mass is 458 g/mol. The molecule has 1 aromatic heterocycles. The standard InChI is InChI=1S/C24H24Cl2N2O3/c1-15(2)21(14-29)28-24(30)17-9-12-22(27-13-17)31-23(16-7-10-18(25)11-8-16)19-5-3-4-6-20(19)26/h3-13,15,21,23,29H,14H2,1-2H3,(H,28,30). The second-order valence-electron chi connectivity index (χ2n) is 7.46. The van der Waals surface area contributed by atoms with Crippen LogP contribution >= 0.6 is 23.2 Å². The first-order chi connectivity index (χ1) is 14.9. The third-order valence-corrected chi connectivity index (χ3v) is 5.51. The number of amides is 1. The number of aliphatic hydroxyl groups is 1. The minimum atomic E-state index is -0.502. The minimum Gasteiger partial charge on any atom is -0.464 e. The zero-order chi connectivity index (χ0) is 22.4. The number of carbonyl (C=O) groups excluding carboxylic acids is 1. The Kier molecular flexibility index (Phi) is 7.91. The number of nitrogens with zero attached hydrogens (tertiary/aromatic N) is 1. The normalized spacial score (nSPS) is 13.0. The van der Waals surface area contributed by atoms with E-state index >= 15 is 0 Å². The predicted octanol–water partition coefficient (Wildman–Crippen LogP) is 5.30. The topological polar surface area (TPSA) is 71.5 Å². The van der Waals surface area contributed by atoms with Gasteiger partial charge in [0, 0.05) is 27.9 Å². The van der Waals surface area contributed by atoms with Crippen LogP contribution in [-0.4, -0.2) is 28.6 Å². The van der Waals surface area contributed by atoms with E-state index in [4.69, 9.17) is 27.9 Å². The number of carbonyl (C=O) groups is 1. The van der Waals surface area contributed by atoms with Crippen LogP contribution in [0.2, 0.25) is 10.0 Å². The number of rotatable bonds is 8. The molecule has 0 saturated heterocycles. The number of benzene rings is 2. The maximum absolute atomic E-state index is 12.4. The molecular formula is C24H24Cl2N2O3. The number of ether oxygens (including phenoxy) is 1. The Morgan fingerprint density at radius 3 is 2.35 bits per heavy atom. The van der Waals surface area contributed by atoms with Gasteiger partial charge in [-0.3, -0.25) is 4.79 Å². The summed E-state index contributed by atoms with van der Waals surface area (Å²) in [5.41, 5.74) is 2.04. The van der Waals surface area contributed by atoms with Crippen molar-refractivity contribution in [2.24, 2.45) is 5.92 Å². The second-order valence-corrected chi connectivity index (χ2v) is 8.31. The van der Waals surface area contributed by atoms with Gasteiger partial charge in [-0.1, -0.05) is 67.4 Å². The smallest absolute Gasteiger partial charge is 0.253 e.